The molecule has 134 valence electrons. The lowest BCUT2D eigenvalue weighted by atomic mass is 10.1. The summed E-state index contributed by atoms with van der Waals surface area (Å²) in [6.45, 7) is 4.17. The summed E-state index contributed by atoms with van der Waals surface area (Å²) < 4.78 is 13.4. The van der Waals surface area contributed by atoms with Crippen molar-refractivity contribution in [2.45, 2.75) is 26.3 Å². The summed E-state index contributed by atoms with van der Waals surface area (Å²) in [5.74, 6) is 0.688. The second-order valence-electron chi connectivity index (χ2n) is 6.04. The first-order valence-corrected chi connectivity index (χ1v) is 8.86. The summed E-state index contributed by atoms with van der Waals surface area (Å²) in [4.78, 5) is 9.14. The topological polar surface area (TPSA) is 49.8 Å². The lowest BCUT2D eigenvalue weighted by molar-refractivity contribution is 0.628. The van der Waals surface area contributed by atoms with Gasteiger partial charge in [-0.2, -0.15) is 4.98 Å². The standard InChI is InChI=1S/C20H20ClFN4/c1-3-13(2)23-20-25-18(14-7-5-4-6-8-14)12-19(26-20)24-15-9-10-17(22)16(21)11-15/h4-13H,3H2,1-2H3,(H2,23,24,25,26)/t13-/m1/s1. The first-order valence-electron chi connectivity index (χ1n) is 8.48. The fourth-order valence-electron chi connectivity index (χ4n) is 2.38. The highest BCUT2D eigenvalue weighted by molar-refractivity contribution is 6.31. The Morgan fingerprint density at radius 2 is 1.85 bits per heavy atom. The van der Waals surface area contributed by atoms with Crippen LogP contribution in [0.25, 0.3) is 11.3 Å². The van der Waals surface area contributed by atoms with Gasteiger partial charge in [0.15, 0.2) is 0 Å². The lowest BCUT2D eigenvalue weighted by Crippen LogP contribution is -2.16. The van der Waals surface area contributed by atoms with Crippen molar-refractivity contribution in [1.29, 1.82) is 0 Å². The van der Waals surface area contributed by atoms with Gasteiger partial charge in [0.1, 0.15) is 11.6 Å². The van der Waals surface area contributed by atoms with Crippen LogP contribution >= 0.6 is 11.6 Å². The maximum atomic E-state index is 13.4. The molecule has 0 saturated carbocycles. The minimum Gasteiger partial charge on any atom is -0.352 e. The van der Waals surface area contributed by atoms with Crippen molar-refractivity contribution in [3.05, 3.63) is 65.4 Å². The van der Waals surface area contributed by atoms with E-state index in [2.05, 4.69) is 34.4 Å². The number of benzene rings is 2. The number of nitrogens with one attached hydrogen (secondary N) is 2. The number of aromatic nitrogens is 2. The van der Waals surface area contributed by atoms with Crippen molar-refractivity contribution in [3.8, 4) is 11.3 Å². The molecule has 3 rings (SSSR count). The first-order chi connectivity index (χ1) is 12.5. The summed E-state index contributed by atoms with van der Waals surface area (Å²) in [7, 11) is 0. The Kier molecular flexibility index (Phi) is 5.68. The summed E-state index contributed by atoms with van der Waals surface area (Å²) >= 11 is 5.87. The molecule has 26 heavy (non-hydrogen) atoms. The van der Waals surface area contributed by atoms with E-state index in [9.17, 15) is 4.39 Å². The highest BCUT2D eigenvalue weighted by Crippen LogP contribution is 2.26. The van der Waals surface area contributed by atoms with Gasteiger partial charge in [-0.15, -0.1) is 0 Å². The van der Waals surface area contributed by atoms with E-state index in [0.29, 0.717) is 17.5 Å². The van der Waals surface area contributed by atoms with Crippen LogP contribution in [0.5, 0.6) is 0 Å². The molecule has 1 heterocycles. The van der Waals surface area contributed by atoms with Gasteiger partial charge in [-0.05, 0) is 31.5 Å². The third-order valence-electron chi connectivity index (χ3n) is 3.98. The molecule has 0 fully saturated rings. The van der Waals surface area contributed by atoms with Crippen LogP contribution < -0.4 is 10.6 Å². The minimum atomic E-state index is -0.455. The fraction of sp³-hybridized carbons (Fsp3) is 0.200. The molecule has 0 bridgehead atoms. The van der Waals surface area contributed by atoms with Crippen molar-refractivity contribution >= 4 is 29.1 Å². The molecule has 0 amide bonds. The molecular weight excluding hydrogens is 351 g/mol. The molecule has 0 spiro atoms. The van der Waals surface area contributed by atoms with Crippen molar-refractivity contribution in [2.24, 2.45) is 0 Å². The predicted octanol–water partition coefficient (Wildman–Crippen LogP) is 5.89. The van der Waals surface area contributed by atoms with Gasteiger partial charge >= 0.3 is 0 Å². The van der Waals surface area contributed by atoms with Crippen molar-refractivity contribution < 1.29 is 4.39 Å². The van der Waals surface area contributed by atoms with E-state index in [4.69, 9.17) is 11.6 Å². The molecule has 0 aliphatic rings. The molecule has 6 heteroatoms. The van der Waals surface area contributed by atoms with Crippen molar-refractivity contribution in [1.82, 2.24) is 9.97 Å². The smallest absolute Gasteiger partial charge is 0.225 e. The summed E-state index contributed by atoms with van der Waals surface area (Å²) in [5, 5.41) is 6.53. The Balaban J connectivity index is 1.97. The van der Waals surface area contributed by atoms with Crippen LogP contribution in [0.4, 0.5) is 21.8 Å². The SMILES string of the molecule is CC[C@@H](C)Nc1nc(Nc2ccc(F)c(Cl)c2)cc(-c2ccccc2)n1. The maximum absolute atomic E-state index is 13.4. The highest BCUT2D eigenvalue weighted by Gasteiger charge is 2.10. The Bertz CT molecular complexity index is 886. The second-order valence-corrected chi connectivity index (χ2v) is 6.44. The number of hydrogen-bond donors (Lipinski definition) is 2. The van der Waals surface area contributed by atoms with E-state index < -0.39 is 5.82 Å². The fourth-order valence-corrected chi connectivity index (χ4v) is 2.56. The van der Waals surface area contributed by atoms with Crippen molar-refractivity contribution in [3.63, 3.8) is 0 Å². The van der Waals surface area contributed by atoms with Crippen LogP contribution in [0.2, 0.25) is 5.02 Å². The van der Waals surface area contributed by atoms with Crippen LogP contribution in [0.3, 0.4) is 0 Å². The summed E-state index contributed by atoms with van der Waals surface area (Å²) in [6, 6.07) is 16.4. The largest absolute Gasteiger partial charge is 0.352 e. The van der Waals surface area contributed by atoms with Crippen LogP contribution in [0.15, 0.2) is 54.6 Å². The minimum absolute atomic E-state index is 0.0605. The average Bonchev–Trinajstić information content (AvgIpc) is 2.65. The second kappa shape index (κ2) is 8.15. The van der Waals surface area contributed by atoms with Crippen LogP contribution in [-0.4, -0.2) is 16.0 Å². The molecule has 1 atom stereocenters. The summed E-state index contributed by atoms with van der Waals surface area (Å²) in [5.41, 5.74) is 2.44. The number of nitrogens with zero attached hydrogens (tertiary/aromatic N) is 2. The van der Waals surface area contributed by atoms with E-state index in [-0.39, 0.29) is 11.1 Å². The van der Waals surface area contributed by atoms with E-state index >= 15 is 0 Å². The van der Waals surface area contributed by atoms with Gasteiger partial charge in [-0.25, -0.2) is 9.37 Å². The van der Waals surface area contributed by atoms with Crippen molar-refractivity contribution in [2.75, 3.05) is 10.6 Å². The van der Waals surface area contributed by atoms with E-state index in [1.165, 1.54) is 12.1 Å². The Labute approximate surface area is 157 Å². The third-order valence-corrected chi connectivity index (χ3v) is 4.27. The quantitative estimate of drug-likeness (QED) is 0.568. The van der Waals surface area contributed by atoms with Gasteiger partial charge in [-0.3, -0.25) is 0 Å². The monoisotopic (exact) mass is 370 g/mol. The molecule has 0 aliphatic heterocycles. The van der Waals surface area contributed by atoms with Gasteiger partial charge < -0.3 is 10.6 Å². The molecule has 0 unspecified atom stereocenters. The molecular formula is C20H20ClFN4. The molecule has 2 aromatic carbocycles. The van der Waals surface area contributed by atoms with E-state index in [0.717, 1.165) is 17.7 Å². The first kappa shape index (κ1) is 18.1. The number of rotatable bonds is 6. The van der Waals surface area contributed by atoms with Gasteiger partial charge in [0.2, 0.25) is 5.95 Å². The molecule has 0 radical (unpaired) electrons. The molecule has 1 aromatic heterocycles. The van der Waals surface area contributed by atoms with E-state index in [1.807, 2.05) is 36.4 Å². The third kappa shape index (κ3) is 4.49. The zero-order valence-electron chi connectivity index (χ0n) is 14.6. The van der Waals surface area contributed by atoms with Gasteiger partial charge in [-0.1, -0.05) is 48.9 Å². The van der Waals surface area contributed by atoms with Crippen LogP contribution in [-0.2, 0) is 0 Å². The van der Waals surface area contributed by atoms with Gasteiger partial charge in [0.25, 0.3) is 0 Å². The Morgan fingerprint density at radius 3 is 2.54 bits per heavy atom. The van der Waals surface area contributed by atoms with Crippen LogP contribution in [0, 0.1) is 5.82 Å². The molecule has 3 aromatic rings. The lowest BCUT2D eigenvalue weighted by Gasteiger charge is -2.15. The normalized spacial score (nSPS) is 11.8. The van der Waals surface area contributed by atoms with E-state index in [1.54, 1.807) is 6.07 Å². The predicted molar refractivity (Wildman–Crippen MR) is 106 cm³/mol. The average molecular weight is 371 g/mol. The van der Waals surface area contributed by atoms with Crippen LogP contribution in [0.1, 0.15) is 20.3 Å². The molecule has 0 aliphatic carbocycles. The summed E-state index contributed by atoms with van der Waals surface area (Å²) in [6.07, 6.45) is 0.954. The zero-order valence-corrected chi connectivity index (χ0v) is 15.4. The Morgan fingerprint density at radius 1 is 1.08 bits per heavy atom. The molecule has 4 nitrogen and oxygen atoms in total. The number of hydrogen-bond acceptors (Lipinski definition) is 4. The number of anilines is 3. The van der Waals surface area contributed by atoms with Gasteiger partial charge in [0, 0.05) is 23.4 Å². The maximum Gasteiger partial charge on any atom is 0.225 e. The zero-order chi connectivity index (χ0) is 18.5. The Hall–Kier alpha value is -2.66. The molecule has 0 saturated heterocycles. The molecule has 2 N–H and O–H groups in total. The number of halogens is 2. The highest BCUT2D eigenvalue weighted by atomic mass is 35.5. The van der Waals surface area contributed by atoms with Gasteiger partial charge in [0.05, 0.1) is 10.7 Å².